The van der Waals surface area contributed by atoms with Crippen LogP contribution in [0.1, 0.15) is 33.7 Å². The van der Waals surface area contributed by atoms with Crippen molar-refractivity contribution >= 4 is 0 Å². The molecule has 3 rings (SSSR count). The number of aryl methyl sites for hydroxylation is 2. The molecule has 0 heterocycles. The molecule has 3 aromatic rings. The molecular formula is C22H20F2. The van der Waals surface area contributed by atoms with Crippen molar-refractivity contribution in [1.82, 2.24) is 0 Å². The van der Waals surface area contributed by atoms with Gasteiger partial charge in [-0.25, -0.2) is 8.78 Å². The van der Waals surface area contributed by atoms with Crippen molar-refractivity contribution in [2.45, 2.75) is 26.2 Å². The summed E-state index contributed by atoms with van der Waals surface area (Å²) in [5, 5.41) is 0. The fourth-order valence-corrected chi connectivity index (χ4v) is 3.25. The Bertz CT molecular complexity index is 807. The fourth-order valence-electron chi connectivity index (χ4n) is 3.25. The maximum Gasteiger partial charge on any atom is 0.129 e. The molecule has 0 aliphatic rings. The van der Waals surface area contributed by atoms with Crippen molar-refractivity contribution in [3.05, 3.63) is 106 Å². The Hall–Kier alpha value is -2.48. The Morgan fingerprint density at radius 1 is 0.750 bits per heavy atom. The van der Waals surface area contributed by atoms with E-state index in [9.17, 15) is 8.78 Å². The van der Waals surface area contributed by atoms with E-state index in [1.165, 1.54) is 28.3 Å². The van der Waals surface area contributed by atoms with E-state index < -0.39 is 11.6 Å². The van der Waals surface area contributed by atoms with Gasteiger partial charge in [0.1, 0.15) is 11.6 Å². The van der Waals surface area contributed by atoms with Crippen molar-refractivity contribution in [3.8, 4) is 0 Å². The third-order valence-corrected chi connectivity index (χ3v) is 4.57. The second-order valence-corrected chi connectivity index (χ2v) is 6.21. The van der Waals surface area contributed by atoms with E-state index in [2.05, 4.69) is 38.1 Å². The summed E-state index contributed by atoms with van der Waals surface area (Å²) < 4.78 is 27.4. The summed E-state index contributed by atoms with van der Waals surface area (Å²) in [5.74, 6) is -0.992. The van der Waals surface area contributed by atoms with Crippen molar-refractivity contribution < 1.29 is 8.78 Å². The monoisotopic (exact) mass is 322 g/mol. The van der Waals surface area contributed by atoms with Crippen LogP contribution in [0.2, 0.25) is 0 Å². The first kappa shape index (κ1) is 16.4. The van der Waals surface area contributed by atoms with E-state index >= 15 is 0 Å². The van der Waals surface area contributed by atoms with E-state index in [4.69, 9.17) is 0 Å². The lowest BCUT2D eigenvalue weighted by Crippen LogP contribution is -2.09. The van der Waals surface area contributed by atoms with Crippen LogP contribution in [-0.4, -0.2) is 0 Å². The lowest BCUT2D eigenvalue weighted by Gasteiger charge is -2.22. The lowest BCUT2D eigenvalue weighted by atomic mass is 9.82. The number of hydrogen-bond acceptors (Lipinski definition) is 0. The number of halogens is 2. The van der Waals surface area contributed by atoms with Gasteiger partial charge in [0, 0.05) is 12.0 Å². The average molecular weight is 322 g/mol. The van der Waals surface area contributed by atoms with Gasteiger partial charge in [0.15, 0.2) is 0 Å². The molecule has 122 valence electrons. The standard InChI is InChI=1S/C22H20F2/c1-15-7-3-5-9-19(15)21(20-10-6-4-8-16(20)2)13-17-11-12-18(23)14-22(17)24/h3-12,14,21H,13H2,1-2H3. The molecule has 0 spiro atoms. The number of rotatable bonds is 4. The van der Waals surface area contributed by atoms with Gasteiger partial charge in [-0.1, -0.05) is 54.6 Å². The van der Waals surface area contributed by atoms with Crippen LogP contribution in [0.15, 0.2) is 66.7 Å². The highest BCUT2D eigenvalue weighted by molar-refractivity contribution is 5.42. The quantitative estimate of drug-likeness (QED) is 0.556. The molecular weight excluding hydrogens is 302 g/mol. The maximum absolute atomic E-state index is 14.2. The molecule has 0 atom stereocenters. The first-order valence-corrected chi connectivity index (χ1v) is 8.11. The molecule has 0 unspecified atom stereocenters. The summed E-state index contributed by atoms with van der Waals surface area (Å²) in [5.41, 5.74) is 5.24. The molecule has 0 nitrogen and oxygen atoms in total. The largest absolute Gasteiger partial charge is 0.207 e. The summed E-state index contributed by atoms with van der Waals surface area (Å²) in [6, 6.07) is 20.2. The van der Waals surface area contributed by atoms with Crippen molar-refractivity contribution in [3.63, 3.8) is 0 Å². The minimum atomic E-state index is -0.542. The van der Waals surface area contributed by atoms with Crippen molar-refractivity contribution in [2.75, 3.05) is 0 Å². The summed E-state index contributed by atoms with van der Waals surface area (Å²) >= 11 is 0. The van der Waals surface area contributed by atoms with Crippen LogP contribution in [-0.2, 0) is 6.42 Å². The molecule has 0 aliphatic carbocycles. The number of benzene rings is 3. The van der Waals surface area contributed by atoms with Crippen LogP contribution >= 0.6 is 0 Å². The Labute approximate surface area is 141 Å². The van der Waals surface area contributed by atoms with E-state index in [1.807, 2.05) is 24.3 Å². The van der Waals surface area contributed by atoms with Crippen LogP contribution in [0.4, 0.5) is 8.78 Å². The molecule has 0 aliphatic heterocycles. The zero-order valence-electron chi connectivity index (χ0n) is 13.9. The second-order valence-electron chi connectivity index (χ2n) is 6.21. The Kier molecular flexibility index (Phi) is 4.75. The van der Waals surface area contributed by atoms with Crippen LogP contribution in [0.5, 0.6) is 0 Å². The molecule has 0 N–H and O–H groups in total. The SMILES string of the molecule is Cc1ccccc1C(Cc1ccc(F)cc1F)c1ccccc1C. The summed E-state index contributed by atoms with van der Waals surface area (Å²) in [4.78, 5) is 0. The van der Waals surface area contributed by atoms with Crippen molar-refractivity contribution in [2.24, 2.45) is 0 Å². The second kappa shape index (κ2) is 6.96. The van der Waals surface area contributed by atoms with E-state index in [-0.39, 0.29) is 5.92 Å². The number of hydrogen-bond donors (Lipinski definition) is 0. The summed E-state index contributed by atoms with van der Waals surface area (Å²) in [7, 11) is 0. The van der Waals surface area contributed by atoms with Gasteiger partial charge < -0.3 is 0 Å². The molecule has 0 radical (unpaired) electrons. The molecule has 3 aromatic carbocycles. The minimum absolute atomic E-state index is 0.0346. The molecule has 0 saturated carbocycles. The van der Waals surface area contributed by atoms with Crippen LogP contribution < -0.4 is 0 Å². The first-order valence-electron chi connectivity index (χ1n) is 8.11. The highest BCUT2D eigenvalue weighted by Gasteiger charge is 2.20. The molecule has 0 fully saturated rings. The summed E-state index contributed by atoms with van der Waals surface area (Å²) in [6.45, 7) is 4.14. The average Bonchev–Trinajstić information content (AvgIpc) is 2.56. The van der Waals surface area contributed by atoms with Crippen LogP contribution in [0.3, 0.4) is 0 Å². The molecule has 0 saturated heterocycles. The Morgan fingerprint density at radius 3 is 1.79 bits per heavy atom. The maximum atomic E-state index is 14.2. The predicted octanol–water partition coefficient (Wildman–Crippen LogP) is 5.96. The van der Waals surface area contributed by atoms with Gasteiger partial charge in [0.05, 0.1) is 0 Å². The highest BCUT2D eigenvalue weighted by Crippen LogP contribution is 2.33. The lowest BCUT2D eigenvalue weighted by molar-refractivity contribution is 0.567. The van der Waals surface area contributed by atoms with Gasteiger partial charge in [0.2, 0.25) is 0 Å². The fraction of sp³-hybridized carbons (Fsp3) is 0.182. The van der Waals surface area contributed by atoms with Gasteiger partial charge in [-0.05, 0) is 54.2 Å². The highest BCUT2D eigenvalue weighted by atomic mass is 19.1. The zero-order valence-corrected chi connectivity index (χ0v) is 13.9. The van der Waals surface area contributed by atoms with Crippen LogP contribution in [0, 0.1) is 25.5 Å². The molecule has 24 heavy (non-hydrogen) atoms. The van der Waals surface area contributed by atoms with E-state index in [0.717, 1.165) is 6.07 Å². The minimum Gasteiger partial charge on any atom is -0.207 e. The Balaban J connectivity index is 2.09. The summed E-state index contributed by atoms with van der Waals surface area (Å²) in [6.07, 6.45) is 0.502. The van der Waals surface area contributed by atoms with Gasteiger partial charge in [-0.15, -0.1) is 0 Å². The normalized spacial score (nSPS) is 11.0. The van der Waals surface area contributed by atoms with Crippen LogP contribution in [0.25, 0.3) is 0 Å². The molecule has 0 aromatic heterocycles. The van der Waals surface area contributed by atoms with Gasteiger partial charge in [-0.2, -0.15) is 0 Å². The van der Waals surface area contributed by atoms with Gasteiger partial charge >= 0.3 is 0 Å². The van der Waals surface area contributed by atoms with E-state index in [1.54, 1.807) is 6.07 Å². The first-order chi connectivity index (χ1) is 11.6. The third-order valence-electron chi connectivity index (χ3n) is 4.57. The van der Waals surface area contributed by atoms with E-state index in [0.29, 0.717) is 12.0 Å². The molecule has 2 heteroatoms. The Morgan fingerprint density at radius 2 is 1.29 bits per heavy atom. The topological polar surface area (TPSA) is 0 Å². The van der Waals surface area contributed by atoms with Crippen molar-refractivity contribution in [1.29, 1.82) is 0 Å². The zero-order chi connectivity index (χ0) is 17.1. The predicted molar refractivity (Wildman–Crippen MR) is 94.3 cm³/mol. The third kappa shape index (κ3) is 3.38. The molecule has 0 bridgehead atoms. The van der Waals surface area contributed by atoms with Gasteiger partial charge in [0.25, 0.3) is 0 Å². The molecule has 0 amide bonds. The smallest absolute Gasteiger partial charge is 0.129 e. The van der Waals surface area contributed by atoms with Gasteiger partial charge in [-0.3, -0.25) is 0 Å².